The van der Waals surface area contributed by atoms with Gasteiger partial charge in [-0.05, 0) is 143 Å². The Bertz CT molecular complexity index is 3670. The molecule has 0 saturated carbocycles. The standard InChI is InChI=1S/C56H32N8O4.Ni/c1-5-13-33(14-6-1)65-37-21-25-41-45(29-37)53-57-49(41)62-54-47-31-39(67-35-17-9-3-10-18-35)23-27-43(47)51(59-54)64-56-48-32-40(68-36-19-11-4-12-20-36)24-28-44(48)52(60-56)63-55-46-30-38(66-34-15-7-2-8-16-34)22-26-42(46)50(58-55)61-53;/h1-32H;/q-2;+2. The van der Waals surface area contributed by atoms with Crippen molar-refractivity contribution in [1.29, 1.82) is 0 Å². The first kappa shape index (κ1) is 41.3. The number of hydrogen-bond acceptors (Lipinski definition) is 10. The molecular weight excluding hydrogens is 907 g/mol. The van der Waals surface area contributed by atoms with Crippen molar-refractivity contribution >= 4 is 44.1 Å². The van der Waals surface area contributed by atoms with E-state index in [1.807, 2.05) is 194 Å². The molecule has 3 aromatic heterocycles. The fraction of sp³-hybridized carbons (Fsp3) is 0. The fourth-order valence-corrected chi connectivity index (χ4v) is 8.33. The van der Waals surface area contributed by atoms with Crippen LogP contribution in [0.25, 0.3) is 89.7 Å². The van der Waals surface area contributed by atoms with Crippen LogP contribution >= 0.6 is 0 Å². The zero-order chi connectivity index (χ0) is 45.0. The van der Waals surface area contributed by atoms with E-state index in [4.69, 9.17) is 58.8 Å². The van der Waals surface area contributed by atoms with Crippen molar-refractivity contribution in [2.45, 2.75) is 0 Å². The quantitative estimate of drug-likeness (QED) is 0.134. The summed E-state index contributed by atoms with van der Waals surface area (Å²) < 4.78 is 25.3. The van der Waals surface area contributed by atoms with Gasteiger partial charge >= 0.3 is 16.5 Å². The molecule has 13 heteroatoms. The minimum absolute atomic E-state index is 0. The van der Waals surface area contributed by atoms with Gasteiger partial charge in [0.15, 0.2) is 0 Å². The van der Waals surface area contributed by atoms with Gasteiger partial charge < -0.3 is 48.9 Å². The molecule has 0 aliphatic carbocycles. The Morgan fingerprint density at radius 3 is 0.884 bits per heavy atom. The molecule has 0 N–H and O–H groups in total. The number of nitrogens with zero attached hydrogens (tertiary/aromatic N) is 8. The summed E-state index contributed by atoms with van der Waals surface area (Å²) in [4.78, 5) is 41.2. The molecule has 330 valence electrons. The Morgan fingerprint density at radius 2 is 0.536 bits per heavy atom. The van der Waals surface area contributed by atoms with Crippen LogP contribution in [0, 0.1) is 0 Å². The van der Waals surface area contributed by atoms with Crippen LogP contribution in [0.5, 0.6) is 46.0 Å². The zero-order valence-electron chi connectivity index (χ0n) is 36.0. The largest absolute Gasteiger partial charge is 2.00 e. The molecule has 0 atom stereocenters. The van der Waals surface area contributed by atoms with Crippen LogP contribution in [0.3, 0.4) is 0 Å². The normalized spacial score (nSPS) is 11.4. The van der Waals surface area contributed by atoms with Crippen molar-refractivity contribution in [2.24, 2.45) is 0 Å². The summed E-state index contributed by atoms with van der Waals surface area (Å²) in [7, 11) is 0. The number of fused-ring (bicyclic) bond motifs is 20. The molecule has 12 nitrogen and oxygen atoms in total. The molecule has 8 bridgehead atoms. The minimum atomic E-state index is 0. The van der Waals surface area contributed by atoms with E-state index in [2.05, 4.69) is 0 Å². The van der Waals surface area contributed by atoms with E-state index in [0.29, 0.717) is 114 Å². The molecular formula is C56H32N8NiO4. The Labute approximate surface area is 403 Å². The molecule has 0 fully saturated rings. The number of hydrogen-bond donors (Lipinski definition) is 0. The van der Waals surface area contributed by atoms with Crippen molar-refractivity contribution < 1.29 is 35.4 Å². The molecule has 69 heavy (non-hydrogen) atoms. The maximum atomic E-state index is 6.32. The van der Waals surface area contributed by atoms with E-state index >= 15 is 0 Å². The van der Waals surface area contributed by atoms with Gasteiger partial charge in [0.25, 0.3) is 0 Å². The number of rotatable bonds is 8. The molecule has 0 spiro atoms. The van der Waals surface area contributed by atoms with E-state index in [1.54, 1.807) is 0 Å². The maximum absolute atomic E-state index is 6.32. The first-order valence-electron chi connectivity index (χ1n) is 21.8. The summed E-state index contributed by atoms with van der Waals surface area (Å²) in [5.74, 6) is 6.76. The zero-order valence-corrected chi connectivity index (χ0v) is 37.0. The average molecular weight is 940 g/mol. The first-order chi connectivity index (χ1) is 33.6. The minimum Gasteiger partial charge on any atom is -0.457 e. The van der Waals surface area contributed by atoms with Gasteiger partial charge in [-0.25, -0.2) is 9.97 Å². The van der Waals surface area contributed by atoms with Crippen molar-refractivity contribution in [3.05, 3.63) is 194 Å². The Kier molecular flexibility index (Phi) is 10.3. The third kappa shape index (κ3) is 7.92. The van der Waals surface area contributed by atoms with Gasteiger partial charge in [-0.2, -0.15) is 0 Å². The number of para-hydroxylation sites is 4. The molecule has 0 unspecified atom stereocenters. The van der Waals surface area contributed by atoms with Crippen LogP contribution in [0.15, 0.2) is 194 Å². The summed E-state index contributed by atoms with van der Waals surface area (Å²) in [6.45, 7) is 0. The SMILES string of the molecule is [Ni+2].c1ccc(Oc2ccc3c(c2)-c2nc-3nc3[n-]c(nc4nc(nc5[n-]c(n2)c2ccc(Oc6ccccc6)cc52)-c2ccc(Oc5ccccc5)cc2-4)c2ccc(Oc4ccccc4)cc32)cc1. The molecule has 0 saturated heterocycles. The van der Waals surface area contributed by atoms with E-state index < -0.39 is 0 Å². The monoisotopic (exact) mass is 938 g/mol. The molecule has 11 aromatic rings. The summed E-state index contributed by atoms with van der Waals surface area (Å²) in [6, 6.07) is 61.5. The van der Waals surface area contributed by atoms with Gasteiger partial charge in [-0.15, -0.1) is 0 Å². The van der Waals surface area contributed by atoms with E-state index in [1.165, 1.54) is 0 Å². The van der Waals surface area contributed by atoms with Crippen LogP contribution in [0.4, 0.5) is 0 Å². The van der Waals surface area contributed by atoms with Gasteiger partial charge in [0.2, 0.25) is 0 Å². The fourth-order valence-electron chi connectivity index (χ4n) is 8.33. The second-order valence-electron chi connectivity index (χ2n) is 16.0. The second-order valence-corrected chi connectivity index (χ2v) is 16.0. The Balaban J connectivity index is 0.00000492. The van der Waals surface area contributed by atoms with Crippen LogP contribution in [-0.2, 0) is 16.5 Å². The smallest absolute Gasteiger partial charge is 0.457 e. The second kappa shape index (κ2) is 17.2. The van der Waals surface area contributed by atoms with Crippen LogP contribution < -0.4 is 28.9 Å². The number of aromatic nitrogens is 8. The van der Waals surface area contributed by atoms with Gasteiger partial charge in [0.1, 0.15) is 46.0 Å². The van der Waals surface area contributed by atoms with Crippen LogP contribution in [-0.4, -0.2) is 29.9 Å². The number of benzene rings is 8. The Morgan fingerprint density at radius 1 is 0.246 bits per heavy atom. The van der Waals surface area contributed by atoms with E-state index in [-0.39, 0.29) is 16.5 Å². The predicted molar refractivity (Wildman–Crippen MR) is 260 cm³/mol. The Hall–Kier alpha value is -9.19. The van der Waals surface area contributed by atoms with Gasteiger partial charge in [-0.1, -0.05) is 72.8 Å². The summed E-state index contributed by atoms with van der Waals surface area (Å²) >= 11 is 0. The van der Waals surface area contributed by atoms with Gasteiger partial charge in [-0.3, -0.25) is 0 Å². The predicted octanol–water partition coefficient (Wildman–Crippen LogP) is 13.3. The number of ether oxygens (including phenoxy) is 4. The molecule has 0 amide bonds. The molecule has 5 heterocycles. The first-order valence-corrected chi connectivity index (χ1v) is 21.8. The molecule has 8 aromatic carbocycles. The van der Waals surface area contributed by atoms with Gasteiger partial charge in [0.05, 0.1) is 23.3 Å². The molecule has 2 aliphatic heterocycles. The van der Waals surface area contributed by atoms with E-state index in [0.717, 1.165) is 21.9 Å². The summed E-state index contributed by atoms with van der Waals surface area (Å²) in [6.07, 6.45) is 0. The van der Waals surface area contributed by atoms with Gasteiger partial charge in [0, 0.05) is 44.8 Å². The van der Waals surface area contributed by atoms with E-state index in [9.17, 15) is 0 Å². The summed E-state index contributed by atoms with van der Waals surface area (Å²) in [5.41, 5.74) is 4.46. The summed E-state index contributed by atoms with van der Waals surface area (Å²) in [5, 5.41) is 2.88. The average Bonchev–Trinajstić information content (AvgIpc) is 4.10. The third-order valence-electron chi connectivity index (χ3n) is 11.5. The van der Waals surface area contributed by atoms with Crippen molar-refractivity contribution in [1.82, 2.24) is 39.9 Å². The van der Waals surface area contributed by atoms with Crippen LogP contribution in [0.2, 0.25) is 0 Å². The topological polar surface area (TPSA) is 142 Å². The van der Waals surface area contributed by atoms with Crippen LogP contribution in [0.1, 0.15) is 0 Å². The molecule has 2 aliphatic rings. The maximum Gasteiger partial charge on any atom is 2.00 e. The third-order valence-corrected chi connectivity index (χ3v) is 11.5. The molecule has 13 rings (SSSR count). The van der Waals surface area contributed by atoms with Crippen molar-refractivity contribution in [3.8, 4) is 91.5 Å². The van der Waals surface area contributed by atoms with Crippen molar-refractivity contribution in [3.63, 3.8) is 0 Å². The molecule has 0 radical (unpaired) electrons. The van der Waals surface area contributed by atoms with Crippen molar-refractivity contribution in [2.75, 3.05) is 0 Å².